The Hall–Kier alpha value is -2.42. The first-order valence-corrected chi connectivity index (χ1v) is 10.5. The molecule has 9 heteroatoms. The van der Waals surface area contributed by atoms with Gasteiger partial charge in [0, 0.05) is 18.0 Å². The zero-order valence-corrected chi connectivity index (χ0v) is 15.9. The van der Waals surface area contributed by atoms with Gasteiger partial charge < -0.3 is 14.8 Å². The Morgan fingerprint density at radius 1 is 1.19 bits per heavy atom. The molecule has 1 atom stereocenters. The predicted octanol–water partition coefficient (Wildman–Crippen LogP) is 0.895. The lowest BCUT2D eigenvalue weighted by molar-refractivity contribution is -0.148. The molecule has 148 valence electrons. The third-order valence-corrected chi connectivity index (χ3v) is 5.78. The molecule has 1 saturated heterocycles. The summed E-state index contributed by atoms with van der Waals surface area (Å²) in [6.45, 7) is 1.35. The highest BCUT2D eigenvalue weighted by Crippen LogP contribution is 2.13. The summed E-state index contributed by atoms with van der Waals surface area (Å²) in [6.07, 6.45) is 0.888. The van der Waals surface area contributed by atoms with Gasteiger partial charge in [0.05, 0.1) is 18.1 Å². The molecular weight excluding hydrogens is 374 g/mol. The van der Waals surface area contributed by atoms with Crippen LogP contribution in [0.2, 0.25) is 0 Å². The molecule has 1 aliphatic heterocycles. The molecule has 2 rings (SSSR count). The van der Waals surface area contributed by atoms with Gasteiger partial charge in [-0.1, -0.05) is 0 Å². The molecule has 0 radical (unpaired) electrons. The number of esters is 1. The van der Waals surface area contributed by atoms with E-state index >= 15 is 0 Å². The number of amides is 1. The number of Topliss-reactive ketones (excluding diaryl/α,β-unsaturated/α-hetero) is 1. The molecule has 27 heavy (non-hydrogen) atoms. The third-order valence-electron chi connectivity index (χ3n) is 4.02. The van der Waals surface area contributed by atoms with Gasteiger partial charge in [-0.2, -0.15) is 0 Å². The summed E-state index contributed by atoms with van der Waals surface area (Å²) < 4.78 is 33.0. The van der Waals surface area contributed by atoms with Crippen LogP contribution >= 0.6 is 0 Å². The first-order valence-electron chi connectivity index (χ1n) is 8.64. The smallest absolute Gasteiger partial charge is 0.306 e. The maximum absolute atomic E-state index is 11.7. The second-order valence-electron chi connectivity index (χ2n) is 6.36. The van der Waals surface area contributed by atoms with E-state index in [-0.39, 0.29) is 23.7 Å². The highest BCUT2D eigenvalue weighted by Gasteiger charge is 2.28. The fraction of sp³-hybridized carbons (Fsp3) is 0.500. The van der Waals surface area contributed by atoms with E-state index in [0.717, 1.165) is 0 Å². The van der Waals surface area contributed by atoms with Crippen molar-refractivity contribution in [1.29, 1.82) is 0 Å². The van der Waals surface area contributed by atoms with Gasteiger partial charge >= 0.3 is 5.97 Å². The third kappa shape index (κ3) is 7.38. The highest BCUT2D eigenvalue weighted by molar-refractivity contribution is 7.91. The Kier molecular flexibility index (Phi) is 7.35. The number of ketones is 1. The first-order chi connectivity index (χ1) is 12.7. The summed E-state index contributed by atoms with van der Waals surface area (Å²) in [6, 6.07) is 6.29. The van der Waals surface area contributed by atoms with E-state index in [0.29, 0.717) is 30.8 Å². The number of hydrogen-bond donors (Lipinski definition) is 1. The van der Waals surface area contributed by atoms with Crippen molar-refractivity contribution in [3.05, 3.63) is 29.8 Å². The molecule has 1 aromatic rings. The van der Waals surface area contributed by atoms with Crippen molar-refractivity contribution in [3.8, 4) is 5.75 Å². The van der Waals surface area contributed by atoms with Gasteiger partial charge in [0.1, 0.15) is 5.75 Å². The molecule has 0 bridgehead atoms. The number of sulfone groups is 1. The summed E-state index contributed by atoms with van der Waals surface area (Å²) in [7, 11) is -3.07. The summed E-state index contributed by atoms with van der Waals surface area (Å²) in [5.41, 5.74) is 0.597. The largest absolute Gasteiger partial charge is 0.494 e. The summed E-state index contributed by atoms with van der Waals surface area (Å²) in [4.78, 5) is 34.5. The van der Waals surface area contributed by atoms with E-state index < -0.39 is 34.4 Å². The molecule has 1 amide bonds. The number of nitrogens with one attached hydrogen (secondary N) is 1. The van der Waals surface area contributed by atoms with Crippen LogP contribution in [0, 0.1) is 0 Å². The quantitative estimate of drug-likeness (QED) is 0.374. The molecule has 0 aromatic heterocycles. The Morgan fingerprint density at radius 2 is 1.89 bits per heavy atom. The number of carbonyl (C=O) groups is 3. The lowest BCUT2D eigenvalue weighted by atomic mass is 10.1. The first kappa shape index (κ1) is 20.9. The van der Waals surface area contributed by atoms with Crippen molar-refractivity contribution >= 4 is 27.5 Å². The Labute approximate surface area is 158 Å². The average Bonchev–Trinajstić information content (AvgIpc) is 2.95. The fourth-order valence-corrected chi connectivity index (χ4v) is 4.26. The van der Waals surface area contributed by atoms with Crippen molar-refractivity contribution in [2.45, 2.75) is 32.2 Å². The fourth-order valence-electron chi connectivity index (χ4n) is 2.59. The van der Waals surface area contributed by atoms with Crippen molar-refractivity contribution in [2.75, 3.05) is 24.7 Å². The topological polar surface area (TPSA) is 116 Å². The van der Waals surface area contributed by atoms with E-state index in [1.54, 1.807) is 24.3 Å². The number of rotatable bonds is 9. The number of hydrogen-bond acceptors (Lipinski definition) is 7. The molecule has 0 spiro atoms. The highest BCUT2D eigenvalue weighted by atomic mass is 32.2. The molecule has 1 unspecified atom stereocenters. The summed E-state index contributed by atoms with van der Waals surface area (Å²) in [5.74, 6) is -0.471. The van der Waals surface area contributed by atoms with Crippen LogP contribution in [-0.2, 0) is 24.2 Å². The minimum atomic E-state index is -3.07. The molecule has 1 aromatic carbocycles. The van der Waals surface area contributed by atoms with Gasteiger partial charge in [-0.15, -0.1) is 0 Å². The van der Waals surface area contributed by atoms with Gasteiger partial charge in [0.2, 0.25) is 0 Å². The second-order valence-corrected chi connectivity index (χ2v) is 8.59. The number of ether oxygens (including phenoxy) is 2. The molecule has 0 aliphatic carbocycles. The monoisotopic (exact) mass is 397 g/mol. The van der Waals surface area contributed by atoms with Crippen molar-refractivity contribution in [2.24, 2.45) is 0 Å². The van der Waals surface area contributed by atoms with Crippen LogP contribution in [0.5, 0.6) is 5.75 Å². The molecule has 1 heterocycles. The van der Waals surface area contributed by atoms with Crippen LogP contribution in [0.25, 0.3) is 0 Å². The van der Waals surface area contributed by atoms with E-state index in [2.05, 4.69) is 5.32 Å². The number of benzene rings is 1. The van der Waals surface area contributed by atoms with Crippen LogP contribution in [0.3, 0.4) is 0 Å². The summed E-state index contributed by atoms with van der Waals surface area (Å²) >= 11 is 0. The molecule has 1 aliphatic rings. The van der Waals surface area contributed by atoms with Crippen LogP contribution in [0.1, 0.15) is 36.5 Å². The standard InChI is InChI=1S/C18H23NO7S/c1-13(20)14-4-6-16(7-5-14)25-9-2-3-18(22)26-11-17(21)19-15-8-10-27(23,24)12-15/h4-7,15H,2-3,8-12H2,1H3,(H,19,21). The maximum Gasteiger partial charge on any atom is 0.306 e. The molecular formula is C18H23NO7S. The predicted molar refractivity (Wildman–Crippen MR) is 97.3 cm³/mol. The van der Waals surface area contributed by atoms with Gasteiger partial charge in [-0.3, -0.25) is 14.4 Å². The average molecular weight is 397 g/mol. The van der Waals surface area contributed by atoms with Gasteiger partial charge in [-0.05, 0) is 44.0 Å². The minimum absolute atomic E-state index is 0.0251. The zero-order chi connectivity index (χ0) is 19.9. The van der Waals surface area contributed by atoms with E-state index in [9.17, 15) is 22.8 Å². The van der Waals surface area contributed by atoms with Crippen molar-refractivity contribution in [3.63, 3.8) is 0 Å². The van der Waals surface area contributed by atoms with Gasteiger partial charge in [0.25, 0.3) is 5.91 Å². The Morgan fingerprint density at radius 3 is 2.48 bits per heavy atom. The normalized spacial score (nSPS) is 17.9. The molecule has 8 nitrogen and oxygen atoms in total. The van der Waals surface area contributed by atoms with Crippen molar-refractivity contribution in [1.82, 2.24) is 5.32 Å². The minimum Gasteiger partial charge on any atom is -0.494 e. The molecule has 1 N–H and O–H groups in total. The Bertz CT molecular complexity index is 786. The number of carbonyl (C=O) groups excluding carboxylic acids is 3. The van der Waals surface area contributed by atoms with Crippen molar-refractivity contribution < 1.29 is 32.3 Å². The van der Waals surface area contributed by atoms with E-state index in [1.165, 1.54) is 6.92 Å². The van der Waals surface area contributed by atoms with Crippen LogP contribution in [0.4, 0.5) is 0 Å². The summed E-state index contributed by atoms with van der Waals surface area (Å²) in [5, 5.41) is 2.55. The van der Waals surface area contributed by atoms with E-state index in [1.807, 2.05) is 0 Å². The maximum atomic E-state index is 11.7. The van der Waals surface area contributed by atoms with Gasteiger partial charge in [0.15, 0.2) is 22.2 Å². The second kappa shape index (κ2) is 9.50. The zero-order valence-electron chi connectivity index (χ0n) is 15.1. The van der Waals surface area contributed by atoms with Gasteiger partial charge in [-0.25, -0.2) is 8.42 Å². The Balaban J connectivity index is 1.58. The lowest BCUT2D eigenvalue weighted by Crippen LogP contribution is -2.38. The van der Waals surface area contributed by atoms with Crippen LogP contribution < -0.4 is 10.1 Å². The molecule has 1 fully saturated rings. The lowest BCUT2D eigenvalue weighted by Gasteiger charge is -2.11. The van der Waals surface area contributed by atoms with Crippen LogP contribution in [0.15, 0.2) is 24.3 Å². The van der Waals surface area contributed by atoms with Crippen LogP contribution in [-0.4, -0.2) is 56.8 Å². The van der Waals surface area contributed by atoms with E-state index in [4.69, 9.17) is 9.47 Å². The SMILES string of the molecule is CC(=O)c1ccc(OCCCC(=O)OCC(=O)NC2CCS(=O)(=O)C2)cc1. The molecule has 0 saturated carbocycles.